The SMILES string of the molecule is O=C(C(=O)c1ccc(-c2ccccc2)c2c(=O)c(=O)c12)c1ccccc1. The number of carbonyl (C=O) groups excluding carboxylic acids is 2. The molecule has 0 aliphatic rings. The summed E-state index contributed by atoms with van der Waals surface area (Å²) in [5.41, 5.74) is 0.254. The van der Waals surface area contributed by atoms with Gasteiger partial charge >= 0.3 is 0 Å². The van der Waals surface area contributed by atoms with E-state index in [-0.39, 0.29) is 21.9 Å². The Morgan fingerprint density at radius 3 is 1.81 bits per heavy atom. The molecule has 0 atom stereocenters. The van der Waals surface area contributed by atoms with E-state index in [4.69, 9.17) is 0 Å². The zero-order chi connectivity index (χ0) is 18.3. The fourth-order valence-corrected chi connectivity index (χ4v) is 3.13. The third kappa shape index (κ3) is 2.31. The summed E-state index contributed by atoms with van der Waals surface area (Å²) >= 11 is 0. The molecule has 4 heteroatoms. The molecule has 0 aliphatic heterocycles. The molecule has 0 heterocycles. The van der Waals surface area contributed by atoms with Crippen molar-refractivity contribution in [3.8, 4) is 11.1 Å². The van der Waals surface area contributed by atoms with Gasteiger partial charge in [-0.3, -0.25) is 19.2 Å². The minimum Gasteiger partial charge on any atom is -0.285 e. The van der Waals surface area contributed by atoms with Crippen LogP contribution in [0.15, 0.2) is 82.4 Å². The van der Waals surface area contributed by atoms with Gasteiger partial charge in [0.25, 0.3) is 0 Å². The van der Waals surface area contributed by atoms with Crippen LogP contribution in [0.4, 0.5) is 0 Å². The van der Waals surface area contributed by atoms with E-state index in [0.29, 0.717) is 5.56 Å². The van der Waals surface area contributed by atoms with Gasteiger partial charge in [0.1, 0.15) is 0 Å². The summed E-state index contributed by atoms with van der Waals surface area (Å²) < 4.78 is 0. The average molecular weight is 340 g/mol. The highest BCUT2D eigenvalue weighted by Gasteiger charge is 2.27. The third-order valence-electron chi connectivity index (χ3n) is 4.44. The first-order chi connectivity index (χ1) is 12.6. The number of hydrogen-bond acceptors (Lipinski definition) is 4. The van der Waals surface area contributed by atoms with Gasteiger partial charge in [-0.2, -0.15) is 0 Å². The maximum atomic E-state index is 12.6. The maximum Gasteiger partial charge on any atom is 0.235 e. The maximum absolute atomic E-state index is 12.6. The van der Waals surface area contributed by atoms with Crippen molar-refractivity contribution in [1.82, 2.24) is 0 Å². The molecule has 0 saturated heterocycles. The van der Waals surface area contributed by atoms with Crippen molar-refractivity contribution in [2.45, 2.75) is 0 Å². The highest BCUT2D eigenvalue weighted by Crippen LogP contribution is 2.28. The van der Waals surface area contributed by atoms with Crippen molar-refractivity contribution in [3.63, 3.8) is 0 Å². The van der Waals surface area contributed by atoms with Gasteiger partial charge in [0.15, 0.2) is 0 Å². The van der Waals surface area contributed by atoms with E-state index in [1.54, 1.807) is 24.3 Å². The Labute approximate surface area is 148 Å². The topological polar surface area (TPSA) is 68.3 Å². The van der Waals surface area contributed by atoms with Gasteiger partial charge in [-0.25, -0.2) is 0 Å². The standard InChI is InChI=1S/C22H12O4/c23-19(14-9-5-2-6-10-14)20(24)16-12-11-15(13-7-3-1-4-8-13)17-18(16)22(26)21(17)25/h1-12H. The summed E-state index contributed by atoms with van der Waals surface area (Å²) in [6.07, 6.45) is 0. The van der Waals surface area contributed by atoms with Crippen LogP contribution < -0.4 is 10.9 Å². The van der Waals surface area contributed by atoms with Crippen LogP contribution in [0, 0.1) is 0 Å². The molecule has 124 valence electrons. The average Bonchev–Trinajstić information content (AvgIpc) is 2.72. The molecule has 4 aromatic rings. The van der Waals surface area contributed by atoms with Crippen LogP contribution in [0.1, 0.15) is 20.7 Å². The molecule has 4 aromatic carbocycles. The first-order valence-corrected chi connectivity index (χ1v) is 8.05. The lowest BCUT2D eigenvalue weighted by atomic mass is 9.88. The van der Waals surface area contributed by atoms with Crippen LogP contribution in [-0.2, 0) is 0 Å². The molecule has 0 radical (unpaired) electrons. The van der Waals surface area contributed by atoms with Crippen LogP contribution in [0.25, 0.3) is 21.9 Å². The molecule has 26 heavy (non-hydrogen) atoms. The van der Waals surface area contributed by atoms with E-state index in [0.717, 1.165) is 5.56 Å². The number of benzene rings is 3. The van der Waals surface area contributed by atoms with E-state index < -0.39 is 22.4 Å². The number of hydrogen-bond donors (Lipinski definition) is 0. The molecule has 0 aliphatic carbocycles. The summed E-state index contributed by atoms with van der Waals surface area (Å²) in [6.45, 7) is 0. The number of ketones is 2. The number of Topliss-reactive ketones (excluding diaryl/α,β-unsaturated/α-hetero) is 2. The second kappa shape index (κ2) is 6.01. The lowest BCUT2D eigenvalue weighted by molar-refractivity contribution is 0.0818. The van der Waals surface area contributed by atoms with Crippen molar-refractivity contribution in [1.29, 1.82) is 0 Å². The second-order valence-corrected chi connectivity index (χ2v) is 5.96. The van der Waals surface area contributed by atoms with E-state index in [9.17, 15) is 19.2 Å². The Hall–Kier alpha value is -3.66. The third-order valence-corrected chi connectivity index (χ3v) is 4.44. The largest absolute Gasteiger partial charge is 0.285 e. The Bertz CT molecular complexity index is 1230. The number of rotatable bonds is 4. The van der Waals surface area contributed by atoms with Gasteiger partial charge in [-0.05, 0) is 17.2 Å². The summed E-state index contributed by atoms with van der Waals surface area (Å²) in [6, 6.07) is 20.3. The molecule has 0 fully saturated rings. The van der Waals surface area contributed by atoms with E-state index in [1.807, 2.05) is 30.3 Å². The summed E-state index contributed by atoms with van der Waals surface area (Å²) in [5.74, 6) is -1.49. The number of carbonyl (C=O) groups is 2. The van der Waals surface area contributed by atoms with Gasteiger partial charge in [-0.15, -0.1) is 0 Å². The molecule has 0 spiro atoms. The second-order valence-electron chi connectivity index (χ2n) is 5.96. The summed E-state index contributed by atoms with van der Waals surface area (Å²) in [5, 5.41) is 0.263. The molecule has 4 rings (SSSR count). The fourth-order valence-electron chi connectivity index (χ4n) is 3.13. The predicted octanol–water partition coefficient (Wildman–Crippen LogP) is 3.17. The van der Waals surface area contributed by atoms with Gasteiger partial charge in [-0.1, -0.05) is 66.7 Å². The van der Waals surface area contributed by atoms with Gasteiger partial charge in [0, 0.05) is 21.9 Å². The van der Waals surface area contributed by atoms with E-state index in [2.05, 4.69) is 0 Å². The molecular formula is C22H12O4. The Morgan fingerprint density at radius 2 is 1.15 bits per heavy atom. The predicted molar refractivity (Wildman–Crippen MR) is 99.4 cm³/mol. The molecular weight excluding hydrogens is 328 g/mol. The monoisotopic (exact) mass is 340 g/mol. The first-order valence-electron chi connectivity index (χ1n) is 8.05. The fraction of sp³-hybridized carbons (Fsp3) is 0. The highest BCUT2D eigenvalue weighted by atomic mass is 16.2. The normalized spacial score (nSPS) is 10.9. The molecule has 0 amide bonds. The van der Waals surface area contributed by atoms with Crippen LogP contribution in [0.2, 0.25) is 0 Å². The molecule has 0 saturated carbocycles. The quantitative estimate of drug-likeness (QED) is 0.423. The van der Waals surface area contributed by atoms with Gasteiger partial charge < -0.3 is 0 Å². The number of fused-ring (bicyclic) bond motifs is 1. The van der Waals surface area contributed by atoms with Crippen molar-refractivity contribution < 1.29 is 9.59 Å². The van der Waals surface area contributed by atoms with Crippen LogP contribution >= 0.6 is 0 Å². The van der Waals surface area contributed by atoms with Gasteiger partial charge in [0.2, 0.25) is 22.4 Å². The highest BCUT2D eigenvalue weighted by molar-refractivity contribution is 6.51. The van der Waals surface area contributed by atoms with E-state index >= 15 is 0 Å². The molecule has 0 bridgehead atoms. The van der Waals surface area contributed by atoms with Crippen molar-refractivity contribution in [2.24, 2.45) is 0 Å². The minimum absolute atomic E-state index is 0.0156. The molecule has 0 N–H and O–H groups in total. The smallest absolute Gasteiger partial charge is 0.235 e. The summed E-state index contributed by atoms with van der Waals surface area (Å²) in [4.78, 5) is 49.3. The molecule has 4 nitrogen and oxygen atoms in total. The van der Waals surface area contributed by atoms with E-state index in [1.165, 1.54) is 18.2 Å². The van der Waals surface area contributed by atoms with Crippen LogP contribution in [0.5, 0.6) is 0 Å². The Kier molecular flexibility index (Phi) is 3.66. The first kappa shape index (κ1) is 15.8. The lowest BCUT2D eigenvalue weighted by Gasteiger charge is -2.11. The van der Waals surface area contributed by atoms with Crippen molar-refractivity contribution >= 4 is 22.3 Å². The minimum atomic E-state index is -0.784. The van der Waals surface area contributed by atoms with Crippen molar-refractivity contribution in [3.05, 3.63) is 104 Å². The lowest BCUT2D eigenvalue weighted by Crippen LogP contribution is -2.33. The van der Waals surface area contributed by atoms with Crippen molar-refractivity contribution in [2.75, 3.05) is 0 Å². The van der Waals surface area contributed by atoms with Crippen LogP contribution in [0.3, 0.4) is 0 Å². The van der Waals surface area contributed by atoms with Gasteiger partial charge in [0.05, 0.1) is 0 Å². The Morgan fingerprint density at radius 1 is 0.577 bits per heavy atom. The Balaban J connectivity index is 1.87. The summed E-state index contributed by atoms with van der Waals surface area (Å²) in [7, 11) is 0. The van der Waals surface area contributed by atoms with Crippen LogP contribution in [-0.4, -0.2) is 11.6 Å². The zero-order valence-electron chi connectivity index (χ0n) is 13.6. The molecule has 0 aromatic heterocycles. The molecule has 0 unspecified atom stereocenters. The zero-order valence-corrected chi connectivity index (χ0v) is 13.6.